The molecule has 9 nitrogen and oxygen atoms in total. The van der Waals surface area contributed by atoms with Crippen LogP contribution < -0.4 is 5.32 Å². The molecule has 0 amide bonds. The summed E-state index contributed by atoms with van der Waals surface area (Å²) >= 11 is 0. The molecular formula is C23H26FN5O4S. The minimum atomic E-state index is -3.85. The first kappa shape index (κ1) is 23.8. The van der Waals surface area contributed by atoms with Crippen LogP contribution in [0.15, 0.2) is 59.8 Å². The van der Waals surface area contributed by atoms with Crippen molar-refractivity contribution in [1.29, 1.82) is 0 Å². The van der Waals surface area contributed by atoms with E-state index in [-0.39, 0.29) is 16.3 Å². The van der Waals surface area contributed by atoms with Gasteiger partial charge < -0.3 is 9.88 Å². The molecule has 1 aliphatic heterocycles. The fourth-order valence-electron chi connectivity index (χ4n) is 4.08. The van der Waals surface area contributed by atoms with Gasteiger partial charge >= 0.3 is 0 Å². The summed E-state index contributed by atoms with van der Waals surface area (Å²) in [6.45, 7) is 2.86. The first-order valence-corrected chi connectivity index (χ1v) is 12.4. The predicted molar refractivity (Wildman–Crippen MR) is 125 cm³/mol. The van der Waals surface area contributed by atoms with E-state index in [0.29, 0.717) is 30.4 Å². The Labute approximate surface area is 197 Å². The summed E-state index contributed by atoms with van der Waals surface area (Å²) in [5.41, 5.74) is 0.408. The van der Waals surface area contributed by atoms with E-state index >= 15 is 0 Å². The van der Waals surface area contributed by atoms with Gasteiger partial charge in [0.2, 0.25) is 10.0 Å². The molecule has 1 N–H and O–H groups in total. The van der Waals surface area contributed by atoms with Gasteiger partial charge in [0.05, 0.1) is 9.82 Å². The van der Waals surface area contributed by atoms with Crippen LogP contribution in [0.4, 0.5) is 15.8 Å². The molecule has 1 saturated heterocycles. The fraction of sp³-hybridized carbons (Fsp3) is 0.348. The van der Waals surface area contributed by atoms with E-state index in [1.165, 1.54) is 28.6 Å². The lowest BCUT2D eigenvalue weighted by atomic mass is 10.0. The van der Waals surface area contributed by atoms with Gasteiger partial charge in [0.25, 0.3) is 5.69 Å². The highest BCUT2D eigenvalue weighted by Gasteiger charge is 2.31. The molecule has 0 spiro atoms. The van der Waals surface area contributed by atoms with Gasteiger partial charge in [-0.3, -0.25) is 10.1 Å². The van der Waals surface area contributed by atoms with Crippen LogP contribution in [-0.2, 0) is 17.1 Å². The zero-order valence-corrected chi connectivity index (χ0v) is 19.7. The van der Waals surface area contributed by atoms with Crippen LogP contribution in [0.5, 0.6) is 0 Å². The van der Waals surface area contributed by atoms with Gasteiger partial charge in [-0.2, -0.15) is 4.31 Å². The maximum absolute atomic E-state index is 13.5. The van der Waals surface area contributed by atoms with Crippen molar-refractivity contribution >= 4 is 21.4 Å². The van der Waals surface area contributed by atoms with E-state index in [1.54, 1.807) is 36.1 Å². The van der Waals surface area contributed by atoms with Crippen LogP contribution in [0.2, 0.25) is 0 Å². The van der Waals surface area contributed by atoms with Crippen molar-refractivity contribution in [2.75, 3.05) is 18.4 Å². The van der Waals surface area contributed by atoms with Crippen LogP contribution in [0.1, 0.15) is 37.2 Å². The van der Waals surface area contributed by atoms with E-state index < -0.39 is 26.8 Å². The number of halogens is 1. The summed E-state index contributed by atoms with van der Waals surface area (Å²) in [5.74, 6) is 0.594. The molecule has 1 atom stereocenters. The van der Waals surface area contributed by atoms with Crippen molar-refractivity contribution in [3.63, 3.8) is 0 Å². The van der Waals surface area contributed by atoms with Crippen molar-refractivity contribution in [3.05, 3.63) is 82.2 Å². The summed E-state index contributed by atoms with van der Waals surface area (Å²) in [6.07, 6.45) is 4.84. The van der Waals surface area contributed by atoms with Gasteiger partial charge in [-0.15, -0.1) is 0 Å². The monoisotopic (exact) mass is 487 g/mol. The van der Waals surface area contributed by atoms with E-state index in [9.17, 15) is 22.9 Å². The molecule has 1 unspecified atom stereocenters. The number of anilines is 1. The minimum absolute atomic E-state index is 0.116. The van der Waals surface area contributed by atoms with Crippen molar-refractivity contribution in [2.24, 2.45) is 13.0 Å². The smallest absolute Gasteiger partial charge is 0.293 e. The number of benzene rings is 2. The number of rotatable bonds is 7. The number of imidazole rings is 1. The van der Waals surface area contributed by atoms with Crippen LogP contribution in [-0.4, -0.2) is 40.3 Å². The zero-order valence-electron chi connectivity index (χ0n) is 18.9. The van der Waals surface area contributed by atoms with Gasteiger partial charge in [-0.25, -0.2) is 17.8 Å². The molecular weight excluding hydrogens is 461 g/mol. The van der Waals surface area contributed by atoms with E-state index in [0.717, 1.165) is 18.9 Å². The maximum Gasteiger partial charge on any atom is 0.293 e. The topological polar surface area (TPSA) is 110 Å². The number of sulfonamides is 1. The number of nitro groups is 1. The SMILES string of the molecule is CC1CCN(S(=O)(=O)c2ccc(NC(c3ccc(F)cc3)c3nccn3C)c([N+](=O)[O-])c2)CC1. The lowest BCUT2D eigenvalue weighted by Gasteiger charge is -2.29. The third-order valence-electron chi connectivity index (χ3n) is 6.17. The molecule has 4 rings (SSSR count). The molecule has 3 aromatic rings. The Morgan fingerprint density at radius 3 is 2.44 bits per heavy atom. The van der Waals surface area contributed by atoms with Crippen LogP contribution in [0, 0.1) is 21.8 Å². The van der Waals surface area contributed by atoms with Gasteiger partial charge in [0.1, 0.15) is 23.4 Å². The van der Waals surface area contributed by atoms with Crippen molar-refractivity contribution in [2.45, 2.75) is 30.7 Å². The minimum Gasteiger partial charge on any atom is -0.366 e. The second kappa shape index (κ2) is 9.51. The lowest BCUT2D eigenvalue weighted by molar-refractivity contribution is -0.384. The highest BCUT2D eigenvalue weighted by molar-refractivity contribution is 7.89. The van der Waals surface area contributed by atoms with Gasteiger partial charge in [-0.1, -0.05) is 19.1 Å². The predicted octanol–water partition coefficient (Wildman–Crippen LogP) is 4.09. The maximum atomic E-state index is 13.5. The first-order valence-electron chi connectivity index (χ1n) is 10.9. The average molecular weight is 488 g/mol. The lowest BCUT2D eigenvalue weighted by Crippen LogP contribution is -2.37. The molecule has 2 heterocycles. The molecule has 0 saturated carbocycles. The number of aromatic nitrogens is 2. The van der Waals surface area contributed by atoms with Crippen LogP contribution in [0.3, 0.4) is 0 Å². The molecule has 2 aromatic carbocycles. The Morgan fingerprint density at radius 2 is 1.85 bits per heavy atom. The number of hydrogen-bond donors (Lipinski definition) is 1. The molecule has 1 fully saturated rings. The number of nitrogens with one attached hydrogen (secondary N) is 1. The quantitative estimate of drug-likeness (QED) is 0.397. The number of aryl methyl sites for hydroxylation is 1. The van der Waals surface area contributed by atoms with Crippen molar-refractivity contribution in [1.82, 2.24) is 13.9 Å². The van der Waals surface area contributed by atoms with E-state index in [1.807, 2.05) is 0 Å². The Morgan fingerprint density at radius 1 is 1.18 bits per heavy atom. The summed E-state index contributed by atoms with van der Waals surface area (Å²) in [7, 11) is -2.07. The van der Waals surface area contributed by atoms with Crippen molar-refractivity contribution in [3.8, 4) is 0 Å². The summed E-state index contributed by atoms with van der Waals surface area (Å²) in [6, 6.07) is 8.99. The number of hydrogen-bond acceptors (Lipinski definition) is 6. The molecule has 0 radical (unpaired) electrons. The number of nitro benzene ring substituents is 1. The Bertz CT molecular complexity index is 1280. The van der Waals surface area contributed by atoms with Crippen LogP contribution in [0.25, 0.3) is 0 Å². The standard InChI is InChI=1S/C23H26FN5O4S/c1-16-9-12-28(13-10-16)34(32,33)19-7-8-20(21(15-19)29(30)31)26-22(23-25-11-14-27(23)2)17-3-5-18(24)6-4-17/h3-8,11,14-16,22,26H,9-10,12-13H2,1-2H3. The summed E-state index contributed by atoms with van der Waals surface area (Å²) in [5, 5.41) is 15.0. The largest absolute Gasteiger partial charge is 0.366 e. The fourth-order valence-corrected chi connectivity index (χ4v) is 5.57. The van der Waals surface area contributed by atoms with Gasteiger partial charge in [-0.05, 0) is 48.6 Å². The Hall–Kier alpha value is -3.31. The number of nitrogens with zero attached hydrogens (tertiary/aromatic N) is 4. The van der Waals surface area contributed by atoms with Gasteiger partial charge in [0.15, 0.2) is 0 Å². The summed E-state index contributed by atoms with van der Waals surface area (Å²) in [4.78, 5) is 15.5. The second-order valence-corrected chi connectivity index (χ2v) is 10.5. The molecule has 1 aromatic heterocycles. The highest BCUT2D eigenvalue weighted by Crippen LogP contribution is 2.34. The second-order valence-electron chi connectivity index (χ2n) is 8.55. The molecule has 34 heavy (non-hydrogen) atoms. The van der Waals surface area contributed by atoms with Crippen molar-refractivity contribution < 1.29 is 17.7 Å². The first-order chi connectivity index (χ1) is 16.2. The highest BCUT2D eigenvalue weighted by atomic mass is 32.2. The molecule has 180 valence electrons. The van der Waals surface area contributed by atoms with Gasteiger partial charge in [0, 0.05) is 38.6 Å². The molecule has 0 aliphatic carbocycles. The molecule has 11 heteroatoms. The van der Waals surface area contributed by atoms with Crippen LogP contribution >= 0.6 is 0 Å². The normalized spacial score (nSPS) is 16.3. The third-order valence-corrected chi connectivity index (χ3v) is 8.06. The third kappa shape index (κ3) is 4.80. The average Bonchev–Trinajstić information content (AvgIpc) is 3.24. The Kier molecular flexibility index (Phi) is 6.67. The Balaban J connectivity index is 1.71. The van der Waals surface area contributed by atoms with E-state index in [2.05, 4.69) is 17.2 Å². The molecule has 0 bridgehead atoms. The summed E-state index contributed by atoms with van der Waals surface area (Å²) < 4.78 is 42.9. The van der Waals surface area contributed by atoms with E-state index in [4.69, 9.17) is 0 Å². The molecule has 1 aliphatic rings. The zero-order chi connectivity index (χ0) is 24.5. The number of piperidine rings is 1.